The number of amides is 1. The smallest absolute Gasteiger partial charge is 0.245 e. The van der Waals surface area contributed by atoms with E-state index in [9.17, 15) is 4.79 Å². The number of nitrogens with zero attached hydrogens (tertiary/aromatic N) is 1. The number of hydrogen-bond donors (Lipinski definition) is 0. The third-order valence-corrected chi connectivity index (χ3v) is 0.937. The van der Waals surface area contributed by atoms with Crippen LogP contribution in [0.2, 0.25) is 0 Å². The molecule has 0 atom stereocenters. The molecular weight excluding hydrogens is 114 g/mol. The van der Waals surface area contributed by atoms with Gasteiger partial charge in [-0.2, -0.15) is 0 Å². The largest absolute Gasteiger partial charge is 0.345 e. The Morgan fingerprint density at radius 2 is 2.11 bits per heavy atom. The molecule has 0 aromatic heterocycles. The van der Waals surface area contributed by atoms with Crippen LogP contribution in [0.3, 0.4) is 0 Å². The monoisotopic (exact) mass is 127 g/mol. The summed E-state index contributed by atoms with van der Waals surface area (Å²) in [6.07, 6.45) is 4.35. The molecule has 0 N–H and O–H groups in total. The van der Waals surface area contributed by atoms with Gasteiger partial charge >= 0.3 is 0 Å². The van der Waals surface area contributed by atoms with E-state index in [4.69, 9.17) is 0 Å². The summed E-state index contributed by atoms with van der Waals surface area (Å²) in [5.41, 5.74) is 0. The van der Waals surface area contributed by atoms with Crippen molar-refractivity contribution < 1.29 is 4.79 Å². The van der Waals surface area contributed by atoms with E-state index < -0.39 is 0 Å². The van der Waals surface area contributed by atoms with Gasteiger partial charge in [0.15, 0.2) is 0 Å². The molecule has 0 aliphatic carbocycles. The zero-order chi connectivity index (χ0) is 7.28. The number of rotatable bonds is 2. The highest BCUT2D eigenvalue weighted by Gasteiger charge is 1.93. The lowest BCUT2D eigenvalue weighted by atomic mass is 10.4. The molecule has 0 spiro atoms. The summed E-state index contributed by atoms with van der Waals surface area (Å²) in [5.74, 6) is 0.0526. The molecule has 0 bridgehead atoms. The first-order chi connectivity index (χ1) is 4.18. The number of hydrogen-bond acceptors (Lipinski definition) is 1. The van der Waals surface area contributed by atoms with E-state index in [1.54, 1.807) is 25.1 Å². The van der Waals surface area contributed by atoms with Crippen LogP contribution in [0.1, 0.15) is 13.3 Å². The maximum Gasteiger partial charge on any atom is 0.245 e. The molecule has 0 saturated heterocycles. The van der Waals surface area contributed by atoms with Gasteiger partial charge in [-0.05, 0) is 12.5 Å². The molecule has 2 nitrogen and oxygen atoms in total. The first kappa shape index (κ1) is 8.21. The topological polar surface area (TPSA) is 20.3 Å². The van der Waals surface area contributed by atoms with Crippen LogP contribution in [-0.4, -0.2) is 24.9 Å². The van der Waals surface area contributed by atoms with Crippen molar-refractivity contribution in [2.45, 2.75) is 13.3 Å². The standard InChI is InChI=1S/C7H13NO/c1-4-5-6-7(9)8(2)3/h5-6H,4H2,1-3H3/b6-5+. The van der Waals surface area contributed by atoms with Crippen molar-refractivity contribution in [1.82, 2.24) is 4.90 Å². The van der Waals surface area contributed by atoms with E-state index in [0.717, 1.165) is 6.42 Å². The highest BCUT2D eigenvalue weighted by Crippen LogP contribution is 1.83. The number of carbonyl (C=O) groups excluding carboxylic acids is 1. The van der Waals surface area contributed by atoms with Crippen molar-refractivity contribution in [2.24, 2.45) is 0 Å². The van der Waals surface area contributed by atoms with Gasteiger partial charge in [0.25, 0.3) is 0 Å². The molecule has 0 aliphatic rings. The highest BCUT2D eigenvalue weighted by atomic mass is 16.2. The lowest BCUT2D eigenvalue weighted by Crippen LogP contribution is -2.18. The van der Waals surface area contributed by atoms with E-state index in [1.807, 2.05) is 13.0 Å². The summed E-state index contributed by atoms with van der Waals surface area (Å²) in [6.45, 7) is 2.00. The van der Waals surface area contributed by atoms with Crippen LogP contribution < -0.4 is 0 Å². The highest BCUT2D eigenvalue weighted by molar-refractivity contribution is 5.86. The number of likely N-dealkylation sites (N-methyl/N-ethyl adjacent to an activating group) is 1. The average Bonchev–Trinajstić information content (AvgIpc) is 1.82. The van der Waals surface area contributed by atoms with Crippen molar-refractivity contribution in [3.8, 4) is 0 Å². The number of carbonyl (C=O) groups is 1. The predicted molar refractivity (Wildman–Crippen MR) is 38.1 cm³/mol. The fraction of sp³-hybridized carbons (Fsp3) is 0.571. The molecule has 0 heterocycles. The van der Waals surface area contributed by atoms with Gasteiger partial charge in [0.2, 0.25) is 5.91 Å². The molecule has 0 radical (unpaired) electrons. The van der Waals surface area contributed by atoms with Crippen LogP contribution in [0.15, 0.2) is 12.2 Å². The normalized spacial score (nSPS) is 10.1. The molecular formula is C7H13NO. The zero-order valence-corrected chi connectivity index (χ0v) is 6.22. The third kappa shape index (κ3) is 3.76. The Bertz CT molecular complexity index is 116. The molecule has 52 valence electrons. The molecule has 0 aliphatic heterocycles. The van der Waals surface area contributed by atoms with E-state index in [-0.39, 0.29) is 5.91 Å². The number of allylic oxidation sites excluding steroid dienone is 1. The van der Waals surface area contributed by atoms with Gasteiger partial charge < -0.3 is 4.90 Å². The first-order valence-corrected chi connectivity index (χ1v) is 3.06. The molecule has 2 heteroatoms. The maximum atomic E-state index is 10.7. The van der Waals surface area contributed by atoms with Gasteiger partial charge in [-0.3, -0.25) is 4.79 Å². The van der Waals surface area contributed by atoms with Crippen LogP contribution in [-0.2, 0) is 4.79 Å². The van der Waals surface area contributed by atoms with Crippen molar-refractivity contribution in [1.29, 1.82) is 0 Å². The van der Waals surface area contributed by atoms with E-state index >= 15 is 0 Å². The lowest BCUT2D eigenvalue weighted by Gasteiger charge is -2.04. The molecule has 0 rings (SSSR count). The van der Waals surface area contributed by atoms with Crippen LogP contribution in [0.5, 0.6) is 0 Å². The van der Waals surface area contributed by atoms with E-state index in [2.05, 4.69) is 0 Å². The Hall–Kier alpha value is -0.790. The van der Waals surface area contributed by atoms with E-state index in [1.165, 1.54) is 0 Å². The molecule has 0 aromatic rings. The predicted octanol–water partition coefficient (Wildman–Crippen LogP) is 1.04. The Balaban J connectivity index is 3.63. The summed E-state index contributed by atoms with van der Waals surface area (Å²) >= 11 is 0. The summed E-state index contributed by atoms with van der Waals surface area (Å²) in [5, 5.41) is 0. The summed E-state index contributed by atoms with van der Waals surface area (Å²) < 4.78 is 0. The van der Waals surface area contributed by atoms with Crippen molar-refractivity contribution in [3.63, 3.8) is 0 Å². The van der Waals surface area contributed by atoms with Crippen LogP contribution in [0, 0.1) is 0 Å². The van der Waals surface area contributed by atoms with Gasteiger partial charge in [0, 0.05) is 14.1 Å². The van der Waals surface area contributed by atoms with Crippen molar-refractivity contribution in [2.75, 3.05) is 14.1 Å². The SMILES string of the molecule is CC/C=C/C(=O)N(C)C. The van der Waals surface area contributed by atoms with E-state index in [0.29, 0.717) is 0 Å². The summed E-state index contributed by atoms with van der Waals surface area (Å²) in [4.78, 5) is 12.3. The Morgan fingerprint density at radius 3 is 2.44 bits per heavy atom. The van der Waals surface area contributed by atoms with Gasteiger partial charge in [-0.15, -0.1) is 0 Å². The minimum atomic E-state index is 0.0526. The fourth-order valence-corrected chi connectivity index (χ4v) is 0.368. The summed E-state index contributed by atoms with van der Waals surface area (Å²) in [7, 11) is 3.48. The molecule has 0 saturated carbocycles. The Kier molecular flexibility index (Phi) is 3.76. The second-order valence-electron chi connectivity index (χ2n) is 2.04. The minimum Gasteiger partial charge on any atom is -0.345 e. The quantitative estimate of drug-likeness (QED) is 0.507. The van der Waals surface area contributed by atoms with Gasteiger partial charge in [0.05, 0.1) is 0 Å². The van der Waals surface area contributed by atoms with Crippen LogP contribution in [0.25, 0.3) is 0 Å². The minimum absolute atomic E-state index is 0.0526. The van der Waals surface area contributed by atoms with Crippen molar-refractivity contribution >= 4 is 5.91 Å². The first-order valence-electron chi connectivity index (χ1n) is 3.06. The molecule has 0 fully saturated rings. The Labute approximate surface area is 56.2 Å². The van der Waals surface area contributed by atoms with Gasteiger partial charge in [-0.25, -0.2) is 0 Å². The van der Waals surface area contributed by atoms with Crippen LogP contribution in [0.4, 0.5) is 0 Å². The second kappa shape index (κ2) is 4.13. The molecule has 1 amide bonds. The third-order valence-electron chi connectivity index (χ3n) is 0.937. The molecule has 0 unspecified atom stereocenters. The molecule has 9 heavy (non-hydrogen) atoms. The Morgan fingerprint density at radius 1 is 1.56 bits per heavy atom. The van der Waals surface area contributed by atoms with Gasteiger partial charge in [0.1, 0.15) is 0 Å². The maximum absolute atomic E-state index is 10.7. The zero-order valence-electron chi connectivity index (χ0n) is 6.22. The second-order valence-corrected chi connectivity index (χ2v) is 2.04. The molecule has 0 aromatic carbocycles. The lowest BCUT2D eigenvalue weighted by molar-refractivity contribution is -0.123. The fourth-order valence-electron chi connectivity index (χ4n) is 0.368. The summed E-state index contributed by atoms with van der Waals surface area (Å²) in [6, 6.07) is 0. The van der Waals surface area contributed by atoms with Crippen LogP contribution >= 0.6 is 0 Å². The van der Waals surface area contributed by atoms with Gasteiger partial charge in [-0.1, -0.05) is 13.0 Å². The van der Waals surface area contributed by atoms with Crippen molar-refractivity contribution in [3.05, 3.63) is 12.2 Å². The average molecular weight is 127 g/mol.